The van der Waals surface area contributed by atoms with Gasteiger partial charge in [-0.25, -0.2) is 17.8 Å². The molecule has 2 N–H and O–H groups in total. The third-order valence-corrected chi connectivity index (χ3v) is 8.16. The Hall–Kier alpha value is -4.71. The number of Topliss-reactive ketones (excluding diaryl/α,β-unsaturated/α-hetero) is 1. The molecule has 3 aromatic heterocycles. The molecule has 0 saturated carbocycles. The molecule has 40 heavy (non-hydrogen) atoms. The molecule has 12 heteroatoms. The van der Waals surface area contributed by atoms with Gasteiger partial charge in [0.25, 0.3) is 5.91 Å². The Kier molecular flexibility index (Phi) is 5.88. The second kappa shape index (κ2) is 9.19. The molecule has 0 radical (unpaired) electrons. The van der Waals surface area contributed by atoms with E-state index in [2.05, 4.69) is 10.0 Å². The van der Waals surface area contributed by atoms with Crippen LogP contribution < -0.4 is 14.8 Å². The van der Waals surface area contributed by atoms with Crippen LogP contribution in [0.4, 0.5) is 10.1 Å². The SMILES string of the molecule is CCS(=O)(=O)Nc1cc2oc(C(C)=O)c(C(=O)NC)c2cc1-c1ccc2c(n1)-c1cc3c(F)cccc3n1CO2. The summed E-state index contributed by atoms with van der Waals surface area (Å²) in [6.45, 7) is 2.94. The second-order valence-electron chi connectivity index (χ2n) is 9.29. The van der Waals surface area contributed by atoms with Gasteiger partial charge in [-0.1, -0.05) is 6.07 Å². The van der Waals surface area contributed by atoms with E-state index in [0.29, 0.717) is 44.7 Å². The van der Waals surface area contributed by atoms with Crippen LogP contribution in [0, 0.1) is 5.82 Å². The van der Waals surface area contributed by atoms with Crippen molar-refractivity contribution in [3.05, 3.63) is 65.7 Å². The maximum Gasteiger partial charge on any atom is 0.255 e. The van der Waals surface area contributed by atoms with Gasteiger partial charge in [-0.15, -0.1) is 0 Å². The number of fused-ring (bicyclic) bond motifs is 6. The average Bonchev–Trinajstić information content (AvgIpc) is 3.51. The van der Waals surface area contributed by atoms with Crippen molar-refractivity contribution < 1.29 is 31.6 Å². The smallest absolute Gasteiger partial charge is 0.255 e. The minimum absolute atomic E-state index is 0.0352. The number of hydrogen-bond acceptors (Lipinski definition) is 7. The number of nitrogens with one attached hydrogen (secondary N) is 2. The molecule has 5 aromatic rings. The van der Waals surface area contributed by atoms with Crippen LogP contribution in [0.1, 0.15) is 34.8 Å². The van der Waals surface area contributed by atoms with Gasteiger partial charge in [0, 0.05) is 36.4 Å². The fourth-order valence-electron chi connectivity index (χ4n) is 4.89. The summed E-state index contributed by atoms with van der Waals surface area (Å²) in [6, 6.07) is 12.9. The molecule has 6 rings (SSSR count). The summed E-state index contributed by atoms with van der Waals surface area (Å²) in [4.78, 5) is 29.9. The van der Waals surface area contributed by atoms with Gasteiger partial charge in [-0.05, 0) is 43.3 Å². The molecule has 0 atom stereocenters. The monoisotopic (exact) mass is 562 g/mol. The number of furan rings is 1. The second-order valence-corrected chi connectivity index (χ2v) is 11.3. The van der Waals surface area contributed by atoms with E-state index in [9.17, 15) is 22.4 Å². The first-order chi connectivity index (χ1) is 19.1. The summed E-state index contributed by atoms with van der Waals surface area (Å²) in [5.74, 6) is -1.23. The van der Waals surface area contributed by atoms with E-state index in [1.54, 1.807) is 41.0 Å². The van der Waals surface area contributed by atoms with E-state index in [1.807, 2.05) is 0 Å². The lowest BCUT2D eigenvalue weighted by Crippen LogP contribution is -2.19. The lowest BCUT2D eigenvalue weighted by Gasteiger charge is -2.21. The van der Waals surface area contributed by atoms with E-state index in [-0.39, 0.29) is 40.9 Å². The fraction of sp³-hybridized carbons (Fsp3) is 0.179. The van der Waals surface area contributed by atoms with E-state index in [0.717, 1.165) is 0 Å². The van der Waals surface area contributed by atoms with Crippen LogP contribution in [0.5, 0.6) is 5.75 Å². The number of nitrogens with zero attached hydrogens (tertiary/aromatic N) is 2. The molecule has 1 aliphatic heterocycles. The quantitative estimate of drug-likeness (QED) is 0.281. The van der Waals surface area contributed by atoms with Crippen LogP contribution in [0.3, 0.4) is 0 Å². The van der Waals surface area contributed by atoms with Crippen LogP contribution in [0.2, 0.25) is 0 Å². The Morgan fingerprint density at radius 1 is 1.12 bits per heavy atom. The number of anilines is 1. The van der Waals surface area contributed by atoms with Crippen molar-refractivity contribution in [3.8, 4) is 28.4 Å². The van der Waals surface area contributed by atoms with Gasteiger partial charge >= 0.3 is 0 Å². The van der Waals surface area contributed by atoms with E-state index < -0.39 is 21.7 Å². The van der Waals surface area contributed by atoms with Gasteiger partial charge in [0.05, 0.1) is 33.9 Å². The number of carbonyl (C=O) groups is 2. The first kappa shape index (κ1) is 25.6. The van der Waals surface area contributed by atoms with Gasteiger partial charge in [0.1, 0.15) is 22.8 Å². The number of rotatable bonds is 6. The van der Waals surface area contributed by atoms with Crippen molar-refractivity contribution in [2.45, 2.75) is 20.6 Å². The third kappa shape index (κ3) is 3.99. The normalized spacial score (nSPS) is 12.6. The molecule has 0 saturated heterocycles. The molecule has 10 nitrogen and oxygen atoms in total. The summed E-state index contributed by atoms with van der Waals surface area (Å²) in [7, 11) is -2.30. The molecule has 0 aliphatic carbocycles. The molecular weight excluding hydrogens is 539 g/mol. The highest BCUT2D eigenvalue weighted by Crippen LogP contribution is 2.41. The summed E-state index contributed by atoms with van der Waals surface area (Å²) >= 11 is 0. The van der Waals surface area contributed by atoms with Gasteiger partial charge in [-0.3, -0.25) is 14.3 Å². The Balaban J connectivity index is 1.61. The summed E-state index contributed by atoms with van der Waals surface area (Å²) in [5.41, 5.74) is 2.75. The first-order valence-electron chi connectivity index (χ1n) is 12.4. The number of hydrogen-bond donors (Lipinski definition) is 2. The molecule has 4 heterocycles. The number of benzene rings is 2. The number of ketones is 1. The van der Waals surface area contributed by atoms with Crippen molar-refractivity contribution in [2.24, 2.45) is 0 Å². The zero-order valence-electron chi connectivity index (χ0n) is 21.7. The fourth-order valence-corrected chi connectivity index (χ4v) is 5.54. The number of halogens is 1. The molecule has 204 valence electrons. The molecule has 1 aliphatic rings. The average molecular weight is 563 g/mol. The molecule has 0 spiro atoms. The van der Waals surface area contributed by atoms with Crippen LogP contribution in [-0.2, 0) is 16.8 Å². The number of ether oxygens (including phenoxy) is 1. The molecule has 1 amide bonds. The minimum atomic E-state index is -3.74. The number of amides is 1. The molecule has 2 aromatic carbocycles. The van der Waals surface area contributed by atoms with Crippen molar-refractivity contribution in [2.75, 3.05) is 17.5 Å². The predicted octanol–water partition coefficient (Wildman–Crippen LogP) is 4.93. The van der Waals surface area contributed by atoms with Crippen molar-refractivity contribution in [1.82, 2.24) is 14.9 Å². The molecule has 0 bridgehead atoms. The Morgan fingerprint density at radius 2 is 1.93 bits per heavy atom. The number of aromatic nitrogens is 2. The third-order valence-electron chi connectivity index (χ3n) is 6.87. The van der Waals surface area contributed by atoms with Gasteiger partial charge < -0.3 is 19.0 Å². The van der Waals surface area contributed by atoms with Crippen molar-refractivity contribution in [1.29, 1.82) is 0 Å². The lowest BCUT2D eigenvalue weighted by atomic mass is 10.0. The highest BCUT2D eigenvalue weighted by molar-refractivity contribution is 7.92. The Labute approximate surface area is 227 Å². The Bertz CT molecular complexity index is 1990. The first-order valence-corrected chi connectivity index (χ1v) is 14.0. The zero-order valence-corrected chi connectivity index (χ0v) is 22.5. The van der Waals surface area contributed by atoms with Gasteiger partial charge in [0.15, 0.2) is 18.3 Å². The van der Waals surface area contributed by atoms with Crippen LogP contribution in [-0.4, -0.2) is 42.5 Å². The van der Waals surface area contributed by atoms with Crippen molar-refractivity contribution in [3.63, 3.8) is 0 Å². The van der Waals surface area contributed by atoms with Crippen LogP contribution in [0.25, 0.3) is 44.5 Å². The number of sulfonamides is 1. The molecule has 0 unspecified atom stereocenters. The Morgan fingerprint density at radius 3 is 2.65 bits per heavy atom. The van der Waals surface area contributed by atoms with E-state index >= 15 is 0 Å². The minimum Gasteiger partial charge on any atom is -0.470 e. The largest absolute Gasteiger partial charge is 0.470 e. The molecule has 0 fully saturated rings. The predicted molar refractivity (Wildman–Crippen MR) is 147 cm³/mol. The molecular formula is C28H23FN4O6S. The maximum atomic E-state index is 14.6. The van der Waals surface area contributed by atoms with Gasteiger partial charge in [-0.2, -0.15) is 0 Å². The number of pyridine rings is 1. The van der Waals surface area contributed by atoms with Crippen molar-refractivity contribution >= 4 is 49.3 Å². The summed E-state index contributed by atoms with van der Waals surface area (Å²) in [5, 5.41) is 3.25. The van der Waals surface area contributed by atoms with Gasteiger partial charge in [0.2, 0.25) is 10.0 Å². The maximum absolute atomic E-state index is 14.6. The van der Waals surface area contributed by atoms with E-state index in [1.165, 1.54) is 33.0 Å². The van der Waals surface area contributed by atoms with E-state index in [4.69, 9.17) is 14.1 Å². The van der Waals surface area contributed by atoms with Crippen LogP contribution in [0.15, 0.2) is 52.9 Å². The highest BCUT2D eigenvalue weighted by Gasteiger charge is 2.27. The number of carbonyl (C=O) groups excluding carboxylic acids is 2. The summed E-state index contributed by atoms with van der Waals surface area (Å²) in [6.07, 6.45) is 0. The highest BCUT2D eigenvalue weighted by atomic mass is 32.2. The topological polar surface area (TPSA) is 133 Å². The standard InChI is InChI=1S/C28H23FN4O6S/c1-4-40(36,37)32-20-12-24-17(25(28(35)30-3)27(39-24)14(2)34)10-16(20)19-8-9-23-26(31-19)22-11-15-18(29)6-5-7-21(15)33(22)13-38-23/h5-12,32H,4,13H2,1-3H3,(H,30,35). The summed E-state index contributed by atoms with van der Waals surface area (Å²) < 4.78 is 55.8. The zero-order chi connectivity index (χ0) is 28.3. The lowest BCUT2D eigenvalue weighted by molar-refractivity contribution is 0.0937. The van der Waals surface area contributed by atoms with Crippen LogP contribution >= 0.6 is 0 Å².